The van der Waals surface area contributed by atoms with E-state index in [-0.39, 0.29) is 0 Å². The Kier molecular flexibility index (Phi) is 3.65. The summed E-state index contributed by atoms with van der Waals surface area (Å²) in [7, 11) is 1.98. The molecule has 0 amide bonds. The fraction of sp³-hybridized carbons (Fsp3) is 0.400. The van der Waals surface area contributed by atoms with Gasteiger partial charge in [0.05, 0.1) is 10.0 Å². The van der Waals surface area contributed by atoms with Gasteiger partial charge in [0, 0.05) is 18.5 Å². The predicted octanol–water partition coefficient (Wildman–Crippen LogP) is 4.63. The summed E-state index contributed by atoms with van der Waals surface area (Å²) in [6, 6.07) is 5.51. The molecule has 5 heteroatoms. The summed E-state index contributed by atoms with van der Waals surface area (Å²) in [6.45, 7) is 0. The van der Waals surface area contributed by atoms with Gasteiger partial charge in [-0.3, -0.25) is 0 Å². The molecule has 20 heavy (non-hydrogen) atoms. The van der Waals surface area contributed by atoms with Crippen LogP contribution in [0.25, 0.3) is 11.3 Å². The van der Waals surface area contributed by atoms with Crippen LogP contribution in [-0.2, 0) is 7.05 Å². The molecule has 1 aromatic carbocycles. The van der Waals surface area contributed by atoms with Crippen molar-refractivity contribution in [2.75, 3.05) is 5.73 Å². The summed E-state index contributed by atoms with van der Waals surface area (Å²) in [6.07, 6.45) is 4.95. The minimum Gasteiger partial charge on any atom is -0.383 e. The van der Waals surface area contributed by atoms with Gasteiger partial charge in [-0.1, -0.05) is 42.1 Å². The van der Waals surface area contributed by atoms with Crippen LogP contribution in [0.2, 0.25) is 10.0 Å². The molecule has 1 heterocycles. The van der Waals surface area contributed by atoms with Crippen LogP contribution in [0.1, 0.15) is 37.4 Å². The zero-order valence-electron chi connectivity index (χ0n) is 11.4. The molecule has 2 N–H and O–H groups in total. The summed E-state index contributed by atoms with van der Waals surface area (Å²) < 4.78 is 2.01. The van der Waals surface area contributed by atoms with Crippen molar-refractivity contribution in [3.05, 3.63) is 34.1 Å². The van der Waals surface area contributed by atoms with E-state index in [1.54, 1.807) is 6.07 Å². The van der Waals surface area contributed by atoms with Crippen molar-refractivity contribution >= 4 is 29.0 Å². The Morgan fingerprint density at radius 2 is 1.90 bits per heavy atom. The Hall–Kier alpha value is -1.19. The van der Waals surface area contributed by atoms with E-state index in [0.717, 1.165) is 17.1 Å². The number of benzene rings is 1. The van der Waals surface area contributed by atoms with Gasteiger partial charge in [0.15, 0.2) is 0 Å². The van der Waals surface area contributed by atoms with Crippen molar-refractivity contribution in [1.29, 1.82) is 0 Å². The van der Waals surface area contributed by atoms with Crippen LogP contribution in [0.4, 0.5) is 5.82 Å². The Labute approximate surface area is 128 Å². The topological polar surface area (TPSA) is 43.8 Å². The SMILES string of the molecule is Cn1c(C2CCCC2)nc(-c2ccc(Cl)c(Cl)c2)c1N. The largest absolute Gasteiger partial charge is 0.383 e. The molecule has 0 saturated heterocycles. The van der Waals surface area contributed by atoms with Gasteiger partial charge in [0.25, 0.3) is 0 Å². The molecule has 3 rings (SSSR count). The van der Waals surface area contributed by atoms with Crippen LogP contribution in [0, 0.1) is 0 Å². The van der Waals surface area contributed by atoms with E-state index in [2.05, 4.69) is 0 Å². The molecule has 0 unspecified atom stereocenters. The Bertz CT molecular complexity index is 643. The average molecular weight is 310 g/mol. The van der Waals surface area contributed by atoms with E-state index in [0.29, 0.717) is 21.8 Å². The quantitative estimate of drug-likeness (QED) is 0.878. The van der Waals surface area contributed by atoms with Gasteiger partial charge >= 0.3 is 0 Å². The summed E-state index contributed by atoms with van der Waals surface area (Å²) in [5.74, 6) is 2.30. The van der Waals surface area contributed by atoms with Gasteiger partial charge in [0.2, 0.25) is 0 Å². The van der Waals surface area contributed by atoms with E-state index in [9.17, 15) is 0 Å². The predicted molar refractivity (Wildman–Crippen MR) is 84.3 cm³/mol. The fourth-order valence-electron chi connectivity index (χ4n) is 2.93. The second-order valence-electron chi connectivity index (χ2n) is 5.37. The number of rotatable bonds is 2. The number of nitrogens with two attached hydrogens (primary N) is 1. The fourth-order valence-corrected chi connectivity index (χ4v) is 3.23. The maximum Gasteiger partial charge on any atom is 0.131 e. The highest BCUT2D eigenvalue weighted by molar-refractivity contribution is 6.42. The molecule has 0 atom stereocenters. The molecule has 1 aliphatic carbocycles. The molecule has 2 aromatic rings. The molecule has 0 aliphatic heterocycles. The maximum atomic E-state index is 6.22. The molecule has 1 fully saturated rings. The first-order chi connectivity index (χ1) is 9.58. The molecule has 106 valence electrons. The normalized spacial score (nSPS) is 15.9. The van der Waals surface area contributed by atoms with Gasteiger partial charge < -0.3 is 10.3 Å². The smallest absolute Gasteiger partial charge is 0.131 e. The van der Waals surface area contributed by atoms with Crippen LogP contribution >= 0.6 is 23.2 Å². The highest BCUT2D eigenvalue weighted by atomic mass is 35.5. The molecular weight excluding hydrogens is 293 g/mol. The Morgan fingerprint density at radius 1 is 1.20 bits per heavy atom. The van der Waals surface area contributed by atoms with Crippen LogP contribution < -0.4 is 5.73 Å². The van der Waals surface area contributed by atoms with Gasteiger partial charge in [0.1, 0.15) is 17.3 Å². The average Bonchev–Trinajstić information content (AvgIpc) is 3.04. The first kappa shape index (κ1) is 13.8. The van der Waals surface area contributed by atoms with Gasteiger partial charge in [-0.25, -0.2) is 4.98 Å². The Morgan fingerprint density at radius 3 is 2.55 bits per heavy atom. The number of hydrogen-bond donors (Lipinski definition) is 1. The highest BCUT2D eigenvalue weighted by Crippen LogP contribution is 2.37. The molecular formula is C15H17Cl2N3. The lowest BCUT2D eigenvalue weighted by Crippen LogP contribution is -2.05. The first-order valence-electron chi connectivity index (χ1n) is 6.85. The monoisotopic (exact) mass is 309 g/mol. The molecule has 1 saturated carbocycles. The number of aromatic nitrogens is 2. The third-order valence-electron chi connectivity index (χ3n) is 4.09. The number of halogens is 2. The molecule has 0 radical (unpaired) electrons. The van der Waals surface area contributed by atoms with Crippen molar-refractivity contribution in [2.24, 2.45) is 7.05 Å². The third-order valence-corrected chi connectivity index (χ3v) is 4.83. The number of nitrogen functional groups attached to an aromatic ring is 1. The van der Waals surface area contributed by atoms with Gasteiger partial charge in [-0.2, -0.15) is 0 Å². The number of hydrogen-bond acceptors (Lipinski definition) is 2. The van der Waals surface area contributed by atoms with Gasteiger partial charge in [-0.05, 0) is 25.0 Å². The van der Waals surface area contributed by atoms with Crippen LogP contribution in [-0.4, -0.2) is 9.55 Å². The van der Waals surface area contributed by atoms with E-state index in [1.165, 1.54) is 25.7 Å². The van der Waals surface area contributed by atoms with E-state index in [1.807, 2.05) is 23.7 Å². The lowest BCUT2D eigenvalue weighted by molar-refractivity contribution is 0.635. The number of nitrogens with zero attached hydrogens (tertiary/aromatic N) is 2. The first-order valence-corrected chi connectivity index (χ1v) is 7.61. The highest BCUT2D eigenvalue weighted by Gasteiger charge is 2.24. The van der Waals surface area contributed by atoms with Crippen molar-refractivity contribution < 1.29 is 0 Å². The van der Waals surface area contributed by atoms with E-state index >= 15 is 0 Å². The van der Waals surface area contributed by atoms with Crippen molar-refractivity contribution in [1.82, 2.24) is 9.55 Å². The zero-order chi connectivity index (χ0) is 14.3. The lowest BCUT2D eigenvalue weighted by atomic mass is 10.1. The zero-order valence-corrected chi connectivity index (χ0v) is 12.9. The van der Waals surface area contributed by atoms with Gasteiger partial charge in [-0.15, -0.1) is 0 Å². The van der Waals surface area contributed by atoms with E-state index in [4.69, 9.17) is 33.9 Å². The second-order valence-corrected chi connectivity index (χ2v) is 6.19. The maximum absolute atomic E-state index is 6.22. The van der Waals surface area contributed by atoms with Crippen LogP contribution in [0.5, 0.6) is 0 Å². The molecule has 0 spiro atoms. The van der Waals surface area contributed by atoms with E-state index < -0.39 is 0 Å². The van der Waals surface area contributed by atoms with Crippen molar-refractivity contribution in [2.45, 2.75) is 31.6 Å². The number of anilines is 1. The molecule has 1 aromatic heterocycles. The second kappa shape index (κ2) is 5.30. The summed E-state index contributed by atoms with van der Waals surface area (Å²) in [5, 5.41) is 1.07. The van der Waals surface area contributed by atoms with Crippen LogP contribution in [0.15, 0.2) is 18.2 Å². The summed E-state index contributed by atoms with van der Waals surface area (Å²) in [4.78, 5) is 4.77. The number of imidazole rings is 1. The molecule has 1 aliphatic rings. The molecule has 3 nitrogen and oxygen atoms in total. The minimum absolute atomic E-state index is 0.525. The van der Waals surface area contributed by atoms with Crippen molar-refractivity contribution in [3.8, 4) is 11.3 Å². The summed E-state index contributed by atoms with van der Waals surface area (Å²) in [5.41, 5.74) is 7.93. The van der Waals surface area contributed by atoms with Crippen molar-refractivity contribution in [3.63, 3.8) is 0 Å². The Balaban J connectivity index is 2.05. The minimum atomic E-state index is 0.525. The standard InChI is InChI=1S/C15H17Cl2N3/c1-20-14(18)13(10-6-7-11(16)12(17)8-10)19-15(20)9-4-2-3-5-9/h6-9H,2-5,18H2,1H3. The lowest BCUT2D eigenvalue weighted by Gasteiger charge is -2.08. The third kappa shape index (κ3) is 2.29. The summed E-state index contributed by atoms with van der Waals surface area (Å²) >= 11 is 12.0. The van der Waals surface area contributed by atoms with Crippen LogP contribution in [0.3, 0.4) is 0 Å². The molecule has 0 bridgehead atoms.